The fourth-order valence-electron chi connectivity index (χ4n) is 4.30. The number of sulfonamides is 2. The standard InChI is InChI=1S/C27H18F9N3O7S2/c28-25(29,30)15-39(48(44,45)19-11-7-17(8-12-19)46-27(34,35)36)22-13-37-24(21-4-2-1-3-20(21)22)38(14-23(40)41)47(42,43)18-9-5-16(6-10-18)26(31,32)33/h1-13H,14-15H2,(H,40,41). The summed E-state index contributed by atoms with van der Waals surface area (Å²) < 4.78 is 176. The molecule has 0 atom stereocenters. The molecule has 0 spiro atoms. The summed E-state index contributed by atoms with van der Waals surface area (Å²) in [5, 5.41) is 8.69. The van der Waals surface area contributed by atoms with Crippen LogP contribution in [0, 0.1) is 0 Å². The van der Waals surface area contributed by atoms with Crippen molar-refractivity contribution in [2.45, 2.75) is 28.5 Å². The number of ether oxygens (including phenoxy) is 1. The number of hydrogen-bond donors (Lipinski definition) is 1. The van der Waals surface area contributed by atoms with Gasteiger partial charge in [0.2, 0.25) is 0 Å². The number of fused-ring (bicyclic) bond motifs is 1. The van der Waals surface area contributed by atoms with Crippen molar-refractivity contribution in [1.82, 2.24) is 4.98 Å². The Labute approximate surface area is 264 Å². The molecule has 0 radical (unpaired) electrons. The van der Waals surface area contributed by atoms with E-state index in [1.54, 1.807) is 0 Å². The molecule has 0 aliphatic rings. The van der Waals surface area contributed by atoms with E-state index in [2.05, 4.69) is 9.72 Å². The van der Waals surface area contributed by atoms with Gasteiger partial charge in [-0.05, 0) is 48.5 Å². The van der Waals surface area contributed by atoms with Gasteiger partial charge in [-0.2, -0.15) is 26.3 Å². The van der Waals surface area contributed by atoms with Crippen molar-refractivity contribution in [3.63, 3.8) is 0 Å². The topological polar surface area (TPSA) is 134 Å². The van der Waals surface area contributed by atoms with Crippen LogP contribution in [0.2, 0.25) is 0 Å². The molecule has 0 bridgehead atoms. The predicted molar refractivity (Wildman–Crippen MR) is 149 cm³/mol. The summed E-state index contributed by atoms with van der Waals surface area (Å²) in [5.74, 6) is -3.40. The highest BCUT2D eigenvalue weighted by atomic mass is 32.2. The molecule has 21 heteroatoms. The minimum atomic E-state index is -5.26. The van der Waals surface area contributed by atoms with E-state index in [1.165, 1.54) is 12.1 Å². The van der Waals surface area contributed by atoms with Gasteiger partial charge in [-0.1, -0.05) is 24.3 Å². The number of hydrogen-bond acceptors (Lipinski definition) is 7. The number of alkyl halides is 9. The van der Waals surface area contributed by atoms with Crippen molar-refractivity contribution in [1.29, 1.82) is 0 Å². The first-order chi connectivity index (χ1) is 22.0. The molecular weight excluding hydrogens is 713 g/mol. The first-order valence-corrected chi connectivity index (χ1v) is 15.6. The zero-order valence-corrected chi connectivity index (χ0v) is 25.0. The Morgan fingerprint density at radius 1 is 0.729 bits per heavy atom. The smallest absolute Gasteiger partial charge is 0.480 e. The normalized spacial score (nSPS) is 12.9. The number of halogens is 9. The lowest BCUT2D eigenvalue weighted by Gasteiger charge is -2.28. The van der Waals surface area contributed by atoms with Crippen LogP contribution >= 0.6 is 0 Å². The van der Waals surface area contributed by atoms with Gasteiger partial charge in [-0.3, -0.25) is 9.10 Å². The van der Waals surface area contributed by atoms with Crippen molar-refractivity contribution >= 4 is 48.3 Å². The maximum atomic E-state index is 13.8. The molecule has 4 rings (SSSR count). The van der Waals surface area contributed by atoms with Crippen molar-refractivity contribution in [2.24, 2.45) is 0 Å². The first kappa shape index (κ1) is 36.1. The molecule has 1 heterocycles. The third-order valence-electron chi connectivity index (χ3n) is 6.27. The number of aliphatic carboxylic acids is 1. The lowest BCUT2D eigenvalue weighted by Crippen LogP contribution is -2.40. The number of rotatable bonds is 10. The van der Waals surface area contributed by atoms with Crippen LogP contribution in [0.25, 0.3) is 10.8 Å². The predicted octanol–water partition coefficient (Wildman–Crippen LogP) is 6.19. The molecule has 1 N–H and O–H groups in total. The van der Waals surface area contributed by atoms with Crippen molar-refractivity contribution in [2.75, 3.05) is 21.7 Å². The molecule has 258 valence electrons. The number of pyridine rings is 1. The van der Waals surface area contributed by atoms with Crippen LogP contribution in [-0.2, 0) is 31.0 Å². The van der Waals surface area contributed by atoms with Crippen LogP contribution < -0.4 is 13.3 Å². The number of benzene rings is 3. The van der Waals surface area contributed by atoms with E-state index in [0.717, 1.165) is 12.1 Å². The SMILES string of the molecule is O=C(O)CN(c1ncc(N(CC(F)(F)F)S(=O)(=O)c2ccc(OC(F)(F)F)cc2)c2ccccc12)S(=O)(=O)c1ccc(C(F)(F)F)cc1. The third kappa shape index (κ3) is 8.01. The van der Waals surface area contributed by atoms with Gasteiger partial charge in [0.05, 0.1) is 27.2 Å². The maximum absolute atomic E-state index is 13.8. The van der Waals surface area contributed by atoms with Crippen LogP contribution in [0.3, 0.4) is 0 Å². The molecule has 0 aliphatic carbocycles. The quantitative estimate of drug-likeness (QED) is 0.191. The van der Waals surface area contributed by atoms with E-state index in [9.17, 15) is 66.3 Å². The number of carbonyl (C=O) groups is 1. The van der Waals surface area contributed by atoms with Gasteiger partial charge >= 0.3 is 24.7 Å². The van der Waals surface area contributed by atoms with E-state index in [4.69, 9.17) is 0 Å². The van der Waals surface area contributed by atoms with Gasteiger partial charge in [-0.15, -0.1) is 13.2 Å². The molecule has 0 aliphatic heterocycles. The average molecular weight is 732 g/mol. The van der Waals surface area contributed by atoms with E-state index < -0.39 is 101 Å². The molecule has 48 heavy (non-hydrogen) atoms. The Morgan fingerprint density at radius 3 is 1.71 bits per heavy atom. The van der Waals surface area contributed by atoms with Gasteiger partial charge in [0.15, 0.2) is 5.82 Å². The maximum Gasteiger partial charge on any atom is 0.573 e. The van der Waals surface area contributed by atoms with Gasteiger partial charge < -0.3 is 9.84 Å². The minimum Gasteiger partial charge on any atom is -0.480 e. The molecule has 4 aromatic rings. The summed E-state index contributed by atoms with van der Waals surface area (Å²) in [6.45, 7) is -3.58. The highest BCUT2D eigenvalue weighted by Gasteiger charge is 2.40. The summed E-state index contributed by atoms with van der Waals surface area (Å²) in [7, 11) is -10.3. The summed E-state index contributed by atoms with van der Waals surface area (Å²) in [6.07, 6.45) is -14.7. The minimum absolute atomic E-state index is 0.159. The van der Waals surface area contributed by atoms with Crippen molar-refractivity contribution in [3.05, 3.63) is 84.6 Å². The number of anilines is 2. The zero-order chi connectivity index (χ0) is 35.9. The molecule has 0 unspecified atom stereocenters. The lowest BCUT2D eigenvalue weighted by molar-refractivity contribution is -0.274. The molecule has 3 aromatic carbocycles. The molecule has 1 aromatic heterocycles. The molecule has 0 saturated heterocycles. The van der Waals surface area contributed by atoms with Crippen LogP contribution in [0.4, 0.5) is 51.0 Å². The molecule has 10 nitrogen and oxygen atoms in total. The third-order valence-corrected chi connectivity index (χ3v) is 9.80. The monoisotopic (exact) mass is 731 g/mol. The first-order valence-electron chi connectivity index (χ1n) is 12.8. The van der Waals surface area contributed by atoms with Gasteiger partial charge in [0.25, 0.3) is 20.0 Å². The average Bonchev–Trinajstić information content (AvgIpc) is 2.97. The van der Waals surface area contributed by atoms with Crippen LogP contribution in [0.15, 0.2) is 88.8 Å². The van der Waals surface area contributed by atoms with Crippen LogP contribution in [0.5, 0.6) is 5.75 Å². The molecular formula is C27H18F9N3O7S2. The number of aromatic nitrogens is 1. The van der Waals surface area contributed by atoms with Crippen LogP contribution in [0.1, 0.15) is 5.56 Å². The highest BCUT2D eigenvalue weighted by Crippen LogP contribution is 2.39. The van der Waals surface area contributed by atoms with Crippen molar-refractivity contribution in [3.8, 4) is 5.75 Å². The molecule has 0 fully saturated rings. The zero-order valence-electron chi connectivity index (χ0n) is 23.4. The number of nitrogens with zero attached hydrogens (tertiary/aromatic N) is 3. The van der Waals surface area contributed by atoms with Gasteiger partial charge in [0, 0.05) is 10.8 Å². The number of carboxylic acids is 1. The Balaban J connectivity index is 1.89. The second kappa shape index (κ2) is 12.7. The second-order valence-corrected chi connectivity index (χ2v) is 13.3. The number of carboxylic acid groups (broad SMARTS) is 1. The van der Waals surface area contributed by atoms with Gasteiger partial charge in [0.1, 0.15) is 18.8 Å². The van der Waals surface area contributed by atoms with Crippen LogP contribution in [-0.4, -0.2) is 58.5 Å². The van der Waals surface area contributed by atoms with E-state index >= 15 is 0 Å². The highest BCUT2D eigenvalue weighted by molar-refractivity contribution is 7.93. The summed E-state index contributed by atoms with van der Waals surface area (Å²) in [4.78, 5) is 13.8. The summed E-state index contributed by atoms with van der Waals surface area (Å²) in [6, 6.07) is 8.68. The molecule has 0 amide bonds. The summed E-state index contributed by atoms with van der Waals surface area (Å²) >= 11 is 0. The lowest BCUT2D eigenvalue weighted by atomic mass is 10.1. The largest absolute Gasteiger partial charge is 0.573 e. The van der Waals surface area contributed by atoms with Crippen molar-refractivity contribution < 1.29 is 71.0 Å². The van der Waals surface area contributed by atoms with Gasteiger partial charge in [-0.25, -0.2) is 26.1 Å². The Kier molecular flexibility index (Phi) is 9.52. The fraction of sp³-hybridized carbons (Fsp3) is 0.185. The second-order valence-electron chi connectivity index (χ2n) is 9.59. The van der Waals surface area contributed by atoms with E-state index in [1.807, 2.05) is 0 Å². The fourth-order valence-corrected chi connectivity index (χ4v) is 7.15. The Hall–Kier alpha value is -4.79. The van der Waals surface area contributed by atoms with E-state index in [0.29, 0.717) is 54.7 Å². The van der Waals surface area contributed by atoms with E-state index in [-0.39, 0.29) is 8.61 Å². The Bertz CT molecular complexity index is 2040. The summed E-state index contributed by atoms with van der Waals surface area (Å²) in [5.41, 5.74) is -2.03. The Morgan fingerprint density at radius 2 is 1.23 bits per heavy atom. The molecule has 0 saturated carbocycles.